The highest BCUT2D eigenvalue weighted by molar-refractivity contribution is 6.38. The predicted molar refractivity (Wildman–Crippen MR) is 86.3 cm³/mol. The molecule has 0 bridgehead atoms. The number of hydrogen-bond donors (Lipinski definition) is 1. The van der Waals surface area contributed by atoms with Crippen LogP contribution in [0.4, 0.5) is 0 Å². The Kier molecular flexibility index (Phi) is 4.10. The maximum Gasteiger partial charge on any atom is 0.305 e. The number of halogens is 2. The van der Waals surface area contributed by atoms with Gasteiger partial charge in [-0.25, -0.2) is 0 Å². The standard InChI is InChI=1S/C16H17Cl2NO3/c1-3-5-16(22-9(2)20)15-11(4-6-21-16)12-7-10(17)8-13(18)14(12)19-15/h7-8,19H,3-6H2,1-2H3. The van der Waals surface area contributed by atoms with Gasteiger partial charge in [0, 0.05) is 23.8 Å². The molecule has 6 heteroatoms. The molecule has 1 aromatic heterocycles. The van der Waals surface area contributed by atoms with Crippen molar-refractivity contribution in [2.24, 2.45) is 0 Å². The van der Waals surface area contributed by atoms with E-state index in [1.807, 2.05) is 13.0 Å². The van der Waals surface area contributed by atoms with E-state index in [2.05, 4.69) is 4.98 Å². The van der Waals surface area contributed by atoms with Crippen LogP contribution < -0.4 is 0 Å². The van der Waals surface area contributed by atoms with Crippen molar-refractivity contribution in [3.8, 4) is 0 Å². The van der Waals surface area contributed by atoms with Crippen LogP contribution >= 0.6 is 23.2 Å². The van der Waals surface area contributed by atoms with Crippen molar-refractivity contribution >= 4 is 40.1 Å². The molecule has 2 heterocycles. The first-order valence-electron chi connectivity index (χ1n) is 7.30. The van der Waals surface area contributed by atoms with Crippen LogP contribution in [-0.4, -0.2) is 17.6 Å². The van der Waals surface area contributed by atoms with Crippen LogP contribution in [0.5, 0.6) is 0 Å². The Labute approximate surface area is 138 Å². The van der Waals surface area contributed by atoms with Gasteiger partial charge in [0.05, 0.1) is 22.8 Å². The quantitative estimate of drug-likeness (QED) is 0.832. The lowest BCUT2D eigenvalue weighted by Gasteiger charge is -2.36. The second-order valence-electron chi connectivity index (χ2n) is 5.48. The molecule has 4 nitrogen and oxygen atoms in total. The fourth-order valence-electron chi connectivity index (χ4n) is 3.14. The molecule has 0 radical (unpaired) electrons. The van der Waals surface area contributed by atoms with E-state index in [4.69, 9.17) is 32.7 Å². The Morgan fingerprint density at radius 3 is 2.91 bits per heavy atom. The highest BCUT2D eigenvalue weighted by atomic mass is 35.5. The third kappa shape index (κ3) is 2.49. The molecule has 1 aromatic carbocycles. The Balaban J connectivity index is 2.24. The van der Waals surface area contributed by atoms with E-state index in [0.29, 0.717) is 23.1 Å². The largest absolute Gasteiger partial charge is 0.427 e. The van der Waals surface area contributed by atoms with Gasteiger partial charge in [-0.05, 0) is 30.5 Å². The molecular weight excluding hydrogens is 325 g/mol. The smallest absolute Gasteiger partial charge is 0.305 e. The molecule has 3 rings (SSSR count). The molecule has 22 heavy (non-hydrogen) atoms. The number of aromatic nitrogens is 1. The Morgan fingerprint density at radius 2 is 2.23 bits per heavy atom. The van der Waals surface area contributed by atoms with Crippen LogP contribution in [0.1, 0.15) is 37.9 Å². The van der Waals surface area contributed by atoms with Crippen molar-refractivity contribution in [3.63, 3.8) is 0 Å². The number of rotatable bonds is 3. The van der Waals surface area contributed by atoms with E-state index in [-0.39, 0.29) is 5.97 Å². The van der Waals surface area contributed by atoms with Crippen LogP contribution in [-0.2, 0) is 26.5 Å². The third-order valence-electron chi connectivity index (χ3n) is 3.89. The molecule has 2 aromatic rings. The number of fused-ring (bicyclic) bond motifs is 3. The fraction of sp³-hybridized carbons (Fsp3) is 0.438. The van der Waals surface area contributed by atoms with Gasteiger partial charge in [-0.15, -0.1) is 0 Å². The van der Waals surface area contributed by atoms with Gasteiger partial charge < -0.3 is 14.5 Å². The number of carbonyl (C=O) groups excluding carboxylic acids is 1. The number of benzene rings is 1. The van der Waals surface area contributed by atoms with Crippen molar-refractivity contribution in [3.05, 3.63) is 33.4 Å². The van der Waals surface area contributed by atoms with E-state index in [1.54, 1.807) is 6.07 Å². The summed E-state index contributed by atoms with van der Waals surface area (Å²) in [7, 11) is 0. The van der Waals surface area contributed by atoms with Gasteiger partial charge in [-0.1, -0.05) is 30.1 Å². The SMILES string of the molecule is CCCC1(OC(C)=O)OCCc2c1[nH]c1c(Cl)cc(Cl)cc21. The maximum atomic E-state index is 11.6. The molecule has 0 aliphatic carbocycles. The lowest BCUT2D eigenvalue weighted by atomic mass is 9.97. The zero-order chi connectivity index (χ0) is 15.9. The van der Waals surface area contributed by atoms with E-state index in [9.17, 15) is 4.79 Å². The van der Waals surface area contributed by atoms with Gasteiger partial charge in [-0.3, -0.25) is 4.79 Å². The lowest BCUT2D eigenvalue weighted by molar-refractivity contribution is -0.247. The average molecular weight is 342 g/mol. The molecule has 118 valence electrons. The van der Waals surface area contributed by atoms with Gasteiger partial charge in [0.15, 0.2) is 0 Å². The number of ether oxygens (including phenoxy) is 2. The summed E-state index contributed by atoms with van der Waals surface area (Å²) in [5.74, 6) is -1.44. The average Bonchev–Trinajstić information content (AvgIpc) is 2.79. The van der Waals surface area contributed by atoms with Gasteiger partial charge in [0.25, 0.3) is 5.79 Å². The van der Waals surface area contributed by atoms with Crippen molar-refractivity contribution in [2.45, 2.75) is 38.9 Å². The molecule has 1 aliphatic heterocycles. The minimum absolute atomic E-state index is 0.371. The monoisotopic (exact) mass is 341 g/mol. The topological polar surface area (TPSA) is 51.3 Å². The number of H-pyrrole nitrogens is 1. The van der Waals surface area contributed by atoms with Crippen molar-refractivity contribution in [1.82, 2.24) is 4.98 Å². The number of nitrogens with one attached hydrogen (secondary N) is 1. The first kappa shape index (κ1) is 15.7. The molecule has 1 unspecified atom stereocenters. The molecule has 0 amide bonds. The number of esters is 1. The van der Waals surface area contributed by atoms with E-state index in [0.717, 1.165) is 35.0 Å². The van der Waals surface area contributed by atoms with E-state index in [1.165, 1.54) is 6.92 Å². The van der Waals surface area contributed by atoms with E-state index >= 15 is 0 Å². The summed E-state index contributed by atoms with van der Waals surface area (Å²) in [6, 6.07) is 3.58. The molecule has 0 saturated heterocycles. The summed E-state index contributed by atoms with van der Waals surface area (Å²) in [6.07, 6.45) is 2.12. The summed E-state index contributed by atoms with van der Waals surface area (Å²) in [5.41, 5.74) is 2.63. The minimum Gasteiger partial charge on any atom is -0.427 e. The maximum absolute atomic E-state index is 11.6. The summed E-state index contributed by atoms with van der Waals surface area (Å²) in [6.45, 7) is 3.90. The second kappa shape index (κ2) is 5.76. The molecule has 1 aliphatic rings. The number of hydrogen-bond acceptors (Lipinski definition) is 3. The molecule has 0 saturated carbocycles. The fourth-order valence-corrected chi connectivity index (χ4v) is 3.68. The Bertz CT molecular complexity index is 741. The molecule has 1 atom stereocenters. The summed E-state index contributed by atoms with van der Waals surface area (Å²) in [4.78, 5) is 14.9. The molecule has 0 spiro atoms. The summed E-state index contributed by atoms with van der Waals surface area (Å²) in [5, 5.41) is 2.09. The molecule has 1 N–H and O–H groups in total. The first-order chi connectivity index (χ1) is 10.5. The predicted octanol–water partition coefficient (Wildman–Crippen LogP) is 4.56. The van der Waals surface area contributed by atoms with Crippen LogP contribution in [0.25, 0.3) is 10.9 Å². The van der Waals surface area contributed by atoms with Crippen LogP contribution in [0.3, 0.4) is 0 Å². The number of carbonyl (C=O) groups is 1. The van der Waals surface area contributed by atoms with E-state index < -0.39 is 5.79 Å². The zero-order valence-electron chi connectivity index (χ0n) is 12.5. The van der Waals surface area contributed by atoms with Crippen molar-refractivity contribution in [1.29, 1.82) is 0 Å². The van der Waals surface area contributed by atoms with Gasteiger partial charge in [-0.2, -0.15) is 0 Å². The van der Waals surface area contributed by atoms with Gasteiger partial charge >= 0.3 is 5.97 Å². The van der Waals surface area contributed by atoms with Crippen molar-refractivity contribution < 1.29 is 14.3 Å². The Morgan fingerprint density at radius 1 is 1.45 bits per heavy atom. The Hall–Kier alpha value is -1.23. The van der Waals surface area contributed by atoms with Gasteiger partial charge in [0.2, 0.25) is 0 Å². The van der Waals surface area contributed by atoms with Gasteiger partial charge in [0.1, 0.15) is 0 Å². The zero-order valence-corrected chi connectivity index (χ0v) is 14.0. The van der Waals surface area contributed by atoms with Crippen LogP contribution in [0.15, 0.2) is 12.1 Å². The summed E-state index contributed by atoms with van der Waals surface area (Å²) >= 11 is 12.4. The van der Waals surface area contributed by atoms with Crippen LogP contribution in [0, 0.1) is 0 Å². The highest BCUT2D eigenvalue weighted by Gasteiger charge is 2.43. The molecular formula is C16H17Cl2NO3. The third-order valence-corrected chi connectivity index (χ3v) is 4.40. The normalized spacial score (nSPS) is 20.9. The summed E-state index contributed by atoms with van der Waals surface area (Å²) < 4.78 is 11.5. The lowest BCUT2D eigenvalue weighted by Crippen LogP contribution is -2.39. The number of aromatic amines is 1. The highest BCUT2D eigenvalue weighted by Crippen LogP contribution is 2.43. The molecule has 0 fully saturated rings. The van der Waals surface area contributed by atoms with Crippen molar-refractivity contribution in [2.75, 3.05) is 6.61 Å². The van der Waals surface area contributed by atoms with Crippen LogP contribution in [0.2, 0.25) is 10.0 Å². The minimum atomic E-state index is -1.07. The second-order valence-corrected chi connectivity index (χ2v) is 6.33. The first-order valence-corrected chi connectivity index (χ1v) is 8.06.